The number of rotatable bonds is 9. The van der Waals surface area contributed by atoms with Crippen molar-refractivity contribution < 1.29 is 100 Å². The zero-order valence-electron chi connectivity index (χ0n) is 32.5. The number of carbonyl (C=O) groups is 2. The normalized spacial score (nSPS) is 15.4. The third-order valence-corrected chi connectivity index (χ3v) is 9.18. The number of amides is 1. The Balaban J connectivity index is 0.000000582. The second kappa shape index (κ2) is 19.5. The van der Waals surface area contributed by atoms with Gasteiger partial charge in [-0.3, -0.25) is 19.7 Å². The summed E-state index contributed by atoms with van der Waals surface area (Å²) in [5, 5.41) is 79.8. The van der Waals surface area contributed by atoms with E-state index in [1.54, 1.807) is 60.7 Å². The fourth-order valence-corrected chi connectivity index (χ4v) is 5.99. The number of Topliss-reactive ketones (excluding diaryl/α,β-unsaturated/α-hetero) is 1. The number of hydrazone groups is 1. The van der Waals surface area contributed by atoms with E-state index >= 15 is 0 Å². The standard InChI is InChI=1S/C16H13N5O7S.C16H11N5O7S.Cr.Na/c2*1-9-14(16(23)20(19-9)10-5-3-2-4-6-10)18-17-12-7-11(21(24)25)8-13(15(12)22)29(26,27)28;;/h2-8,22-23H,1H3,(H,26,27,28);2-8H,1H3,(H,26,27,28);;/q;-2;+3;+1/p-2. The topological polar surface area (TPSA) is 370 Å². The number of hydrogen-bond donors (Lipinski definition) is 0. The van der Waals surface area contributed by atoms with Crippen molar-refractivity contribution in [2.45, 2.75) is 18.7 Å². The Labute approximate surface area is 373 Å². The van der Waals surface area contributed by atoms with Crippen LogP contribution in [0.15, 0.2) is 126 Å². The zero-order valence-corrected chi connectivity index (χ0v) is 35.4. The maximum Gasteiger partial charge on any atom is 3.00 e. The number of benzene rings is 3. The third-order valence-electron chi connectivity index (χ3n) is 7.49. The molecule has 1 aromatic heterocycles. The van der Waals surface area contributed by atoms with Gasteiger partial charge in [0.1, 0.15) is 36.5 Å². The summed E-state index contributed by atoms with van der Waals surface area (Å²) >= 11 is 0. The minimum atomic E-state index is -5.29. The number of anilines is 1. The van der Waals surface area contributed by atoms with Crippen LogP contribution in [0.5, 0.6) is 11.6 Å². The van der Waals surface area contributed by atoms with Crippen LogP contribution >= 0.6 is 0 Å². The van der Waals surface area contributed by atoms with Gasteiger partial charge >= 0.3 is 55.7 Å². The Morgan fingerprint density at radius 1 is 0.833 bits per heavy atom. The van der Waals surface area contributed by atoms with Crippen LogP contribution in [0.3, 0.4) is 0 Å². The summed E-state index contributed by atoms with van der Waals surface area (Å²) in [4.78, 5) is 32.0. The molecule has 0 atom stereocenters. The van der Waals surface area contributed by atoms with Crippen LogP contribution in [-0.4, -0.2) is 74.7 Å². The number of non-ortho nitro benzene ring substituents is 1. The Bertz CT molecular complexity index is 2790. The fraction of sp³-hybridized carbons (Fsp3) is 0.0625. The molecule has 3 aromatic carbocycles. The number of ketones is 1. The molecule has 2 heterocycles. The van der Waals surface area contributed by atoms with Crippen molar-refractivity contribution in [3.8, 4) is 17.3 Å². The Kier molecular flexibility index (Phi) is 15.8. The molecule has 4 aromatic rings. The molecule has 1 aliphatic heterocycles. The number of azo groups is 1. The van der Waals surface area contributed by atoms with Crippen molar-refractivity contribution >= 4 is 71.8 Å². The molecule has 1 amide bonds. The molecule has 0 spiro atoms. The number of aromatic nitrogens is 2. The van der Waals surface area contributed by atoms with Crippen LogP contribution in [0.4, 0.5) is 22.7 Å². The summed E-state index contributed by atoms with van der Waals surface area (Å²) < 4.78 is 68.3. The number of nitrogens with zero attached hydrogens (tertiary/aromatic N) is 10. The minimum Gasteiger partial charge on any atom is -0.870 e. The summed E-state index contributed by atoms with van der Waals surface area (Å²) in [5.41, 5.74) is -2.56. The van der Waals surface area contributed by atoms with Crippen molar-refractivity contribution in [1.29, 1.82) is 0 Å². The molecule has 303 valence electrons. The minimum absolute atomic E-state index is 0. The van der Waals surface area contributed by atoms with Crippen molar-refractivity contribution in [1.82, 2.24) is 15.0 Å². The van der Waals surface area contributed by atoms with E-state index in [-0.39, 0.29) is 72.6 Å². The summed E-state index contributed by atoms with van der Waals surface area (Å²) in [6.45, 7) is 2.91. The van der Waals surface area contributed by atoms with E-state index in [9.17, 15) is 66.3 Å². The first-order valence-corrected chi connectivity index (χ1v) is 18.4. The van der Waals surface area contributed by atoms with Gasteiger partial charge in [-0.25, -0.2) is 21.5 Å². The van der Waals surface area contributed by atoms with Gasteiger partial charge in [-0.1, -0.05) is 42.1 Å². The first-order chi connectivity index (χ1) is 27.2. The second-order valence-corrected chi connectivity index (χ2v) is 14.1. The summed E-state index contributed by atoms with van der Waals surface area (Å²) in [5.74, 6) is -4.08. The smallest absolute Gasteiger partial charge is 0.870 e. The number of hydroxylamine groups is 2. The van der Waals surface area contributed by atoms with E-state index in [1.807, 2.05) is 0 Å². The van der Waals surface area contributed by atoms with Gasteiger partial charge in [0.15, 0.2) is 5.71 Å². The van der Waals surface area contributed by atoms with Crippen LogP contribution in [-0.2, 0) is 47.2 Å². The summed E-state index contributed by atoms with van der Waals surface area (Å²) in [6, 6.07) is 17.7. The van der Waals surface area contributed by atoms with Crippen LogP contribution in [0.1, 0.15) is 15.5 Å². The number of allylic oxidation sites excluding steroid dienone is 3. The van der Waals surface area contributed by atoms with Gasteiger partial charge in [0.05, 0.1) is 38.3 Å². The van der Waals surface area contributed by atoms with E-state index in [4.69, 9.17) is 0 Å². The molecule has 1 radical (unpaired) electrons. The van der Waals surface area contributed by atoms with Gasteiger partial charge in [-0.05, 0) is 50.3 Å². The molecule has 0 bridgehead atoms. The predicted molar refractivity (Wildman–Crippen MR) is 196 cm³/mol. The Hall–Kier alpha value is -5.83. The number of hydrogen-bond acceptors (Lipinski definition) is 21. The van der Waals surface area contributed by atoms with Crippen LogP contribution < -0.4 is 44.8 Å². The molecule has 0 fully saturated rings. The first-order valence-electron chi connectivity index (χ1n) is 15.6. The summed E-state index contributed by atoms with van der Waals surface area (Å²) in [7, 11) is -10.6. The largest absolute Gasteiger partial charge is 3.00 e. The maximum atomic E-state index is 12.5. The zero-order chi connectivity index (χ0) is 42.7. The van der Waals surface area contributed by atoms with Crippen molar-refractivity contribution in [3.63, 3.8) is 0 Å². The molecule has 0 saturated carbocycles. The molecule has 0 saturated heterocycles. The number of nitro benzene ring substituents is 1. The van der Waals surface area contributed by atoms with Gasteiger partial charge < -0.3 is 35.0 Å². The van der Waals surface area contributed by atoms with Gasteiger partial charge in [-0.15, -0.1) is 15.3 Å². The van der Waals surface area contributed by atoms with Gasteiger partial charge in [0.2, 0.25) is 5.78 Å². The molecular weight excluding hydrogens is 888 g/mol. The molecule has 24 nitrogen and oxygen atoms in total. The number of nitro groups is 1. The first kappa shape index (κ1) is 48.5. The molecular formula is C32H22CrN10NaO14S2. The van der Waals surface area contributed by atoms with Crippen LogP contribution in [0.25, 0.3) is 5.69 Å². The second-order valence-electron chi connectivity index (χ2n) is 11.4. The SMILES string of the molecule is CC1=NN(c2ccccc2)C(=O)C1=NN=C1C=C(N([O-])[O-])C=C(S(=O)(=O)[O-])C1=O.Cc1nn(-c2ccccc2)c([O-])c1N=Nc1cc([N+](=O)[O-])cc(S(=O)(=O)[O-])c1[O-].[Cr+3].[H+].[H+].[Na+]. The molecule has 2 aliphatic rings. The molecule has 1 aliphatic carbocycles. The third kappa shape index (κ3) is 10.9. The summed E-state index contributed by atoms with van der Waals surface area (Å²) in [6.07, 6.45) is 1.00. The monoisotopic (exact) mass is 909 g/mol. The van der Waals surface area contributed by atoms with Gasteiger partial charge in [0.25, 0.3) is 5.69 Å². The van der Waals surface area contributed by atoms with E-state index in [0.29, 0.717) is 35.7 Å². The van der Waals surface area contributed by atoms with E-state index in [0.717, 1.165) is 9.69 Å². The number of aryl methyl sites for hydroxylation is 1. The average Bonchev–Trinajstić information content (AvgIpc) is 3.61. The average molecular weight is 910 g/mol. The predicted octanol–water partition coefficient (Wildman–Crippen LogP) is -0.818. The van der Waals surface area contributed by atoms with E-state index in [1.165, 1.54) is 13.8 Å². The van der Waals surface area contributed by atoms with Crippen molar-refractivity contribution in [2.24, 2.45) is 25.5 Å². The Morgan fingerprint density at radius 2 is 1.42 bits per heavy atom. The molecule has 0 unspecified atom stereocenters. The Morgan fingerprint density at radius 3 is 1.95 bits per heavy atom. The fourth-order valence-electron chi connectivity index (χ4n) is 4.80. The quantitative estimate of drug-likeness (QED) is 0.0494. The molecule has 0 N–H and O–H groups in total. The molecule has 6 rings (SSSR count). The molecule has 60 heavy (non-hydrogen) atoms. The number of para-hydroxylation sites is 2. The van der Waals surface area contributed by atoms with Crippen molar-refractivity contribution in [3.05, 3.63) is 122 Å². The van der Waals surface area contributed by atoms with E-state index < -0.39 is 86.3 Å². The van der Waals surface area contributed by atoms with Crippen LogP contribution in [0, 0.1) is 27.5 Å². The maximum absolute atomic E-state index is 12.5. The van der Waals surface area contributed by atoms with Crippen molar-refractivity contribution in [2.75, 3.05) is 5.01 Å². The number of carbonyl (C=O) groups excluding carboxylic acids is 2. The van der Waals surface area contributed by atoms with Gasteiger partial charge in [0, 0.05) is 23.7 Å². The molecule has 28 heteroatoms. The van der Waals surface area contributed by atoms with E-state index in [2.05, 4.69) is 30.6 Å². The van der Waals surface area contributed by atoms with Crippen LogP contribution in [0.2, 0.25) is 0 Å². The van der Waals surface area contributed by atoms with Gasteiger partial charge in [-0.2, -0.15) is 20.3 Å².